The van der Waals surface area contributed by atoms with Gasteiger partial charge < -0.3 is 0 Å². The summed E-state index contributed by atoms with van der Waals surface area (Å²) in [6.45, 7) is 1.95. The summed E-state index contributed by atoms with van der Waals surface area (Å²) in [5.74, 6) is -0.234. The Kier molecular flexibility index (Phi) is 2.52. The van der Waals surface area contributed by atoms with E-state index in [2.05, 4.69) is 0 Å². The van der Waals surface area contributed by atoms with Crippen molar-refractivity contribution in [2.24, 2.45) is 0 Å². The van der Waals surface area contributed by atoms with Crippen molar-refractivity contribution in [3.63, 3.8) is 0 Å². The summed E-state index contributed by atoms with van der Waals surface area (Å²) in [7, 11) is 0. The topological polar surface area (TPSA) is 40.6 Å². The number of amides is 2. The fourth-order valence-electron chi connectivity index (χ4n) is 2.48. The maximum absolute atomic E-state index is 12.5. The summed E-state index contributed by atoms with van der Waals surface area (Å²) >= 11 is 0. The van der Waals surface area contributed by atoms with E-state index in [1.807, 2.05) is 37.3 Å². The lowest BCUT2D eigenvalue weighted by Gasteiger charge is -2.51. The first kappa shape index (κ1) is 11.7. The Bertz CT molecular complexity index is 591. The normalized spacial score (nSPS) is 24.8. The third-order valence-corrected chi connectivity index (χ3v) is 3.47. The van der Waals surface area contributed by atoms with Gasteiger partial charge in [0.1, 0.15) is 0 Å². The Labute approximate surface area is 111 Å². The molecule has 0 bridgehead atoms. The van der Waals surface area contributed by atoms with Crippen LogP contribution >= 0.6 is 0 Å². The van der Waals surface area contributed by atoms with Crippen molar-refractivity contribution in [3.05, 3.63) is 60.3 Å². The van der Waals surface area contributed by atoms with E-state index in [9.17, 15) is 9.59 Å². The minimum absolute atomic E-state index is 0.0389. The first-order valence-electron chi connectivity index (χ1n) is 6.19. The molecule has 1 unspecified atom stereocenters. The number of carbonyl (C=O) groups is 2. The summed E-state index contributed by atoms with van der Waals surface area (Å²) < 4.78 is 0. The molecule has 3 rings (SSSR count). The Balaban J connectivity index is 1.96. The maximum Gasteiger partial charge on any atom is 0.276 e. The van der Waals surface area contributed by atoms with Crippen molar-refractivity contribution >= 4 is 11.8 Å². The van der Waals surface area contributed by atoms with Crippen molar-refractivity contribution in [1.82, 2.24) is 10.0 Å². The van der Waals surface area contributed by atoms with Crippen molar-refractivity contribution in [1.29, 1.82) is 0 Å². The average Bonchev–Trinajstić information content (AvgIpc) is 2.54. The number of β-lactam (4-membered cyclic amide) rings is 1. The van der Waals surface area contributed by atoms with Gasteiger partial charge in [-0.2, -0.15) is 0 Å². The predicted molar refractivity (Wildman–Crippen MR) is 70.8 cm³/mol. The highest BCUT2D eigenvalue weighted by molar-refractivity contribution is 5.97. The molecule has 2 heterocycles. The largest absolute Gasteiger partial charge is 0.276 e. The minimum atomic E-state index is -0.398. The zero-order chi connectivity index (χ0) is 13.5. The van der Waals surface area contributed by atoms with Crippen LogP contribution in [0.1, 0.15) is 23.7 Å². The SMILES string of the molecule is CC12C=CC=CN(C(=O)c3ccccc3)N1C(=O)C2. The number of hydrogen-bond acceptors (Lipinski definition) is 2. The Hall–Kier alpha value is -2.36. The van der Waals surface area contributed by atoms with Crippen molar-refractivity contribution in [3.8, 4) is 0 Å². The Morgan fingerprint density at radius 2 is 1.95 bits per heavy atom. The van der Waals surface area contributed by atoms with E-state index in [1.54, 1.807) is 24.4 Å². The number of hydrazine groups is 1. The van der Waals surface area contributed by atoms with Gasteiger partial charge in [0.05, 0.1) is 12.0 Å². The first-order valence-corrected chi connectivity index (χ1v) is 6.19. The number of allylic oxidation sites excluding steroid dienone is 2. The summed E-state index contributed by atoms with van der Waals surface area (Å²) in [5, 5.41) is 2.92. The van der Waals surface area contributed by atoms with Crippen LogP contribution in [0, 0.1) is 0 Å². The van der Waals surface area contributed by atoms with E-state index >= 15 is 0 Å². The highest BCUT2D eigenvalue weighted by Crippen LogP contribution is 2.36. The molecule has 4 nitrogen and oxygen atoms in total. The van der Waals surface area contributed by atoms with Gasteiger partial charge in [0.25, 0.3) is 5.91 Å². The van der Waals surface area contributed by atoms with Crippen LogP contribution in [-0.2, 0) is 4.79 Å². The van der Waals surface area contributed by atoms with Crippen LogP contribution < -0.4 is 0 Å². The molecule has 2 amide bonds. The van der Waals surface area contributed by atoms with Crippen LogP contribution in [0.4, 0.5) is 0 Å². The second-order valence-electron chi connectivity index (χ2n) is 4.96. The Morgan fingerprint density at radius 3 is 2.63 bits per heavy atom. The smallest absolute Gasteiger partial charge is 0.273 e. The van der Waals surface area contributed by atoms with E-state index in [-0.39, 0.29) is 11.8 Å². The van der Waals surface area contributed by atoms with Gasteiger partial charge in [-0.3, -0.25) is 9.59 Å². The summed E-state index contributed by atoms with van der Waals surface area (Å²) in [6.07, 6.45) is 7.66. The van der Waals surface area contributed by atoms with Crippen LogP contribution in [0.5, 0.6) is 0 Å². The van der Waals surface area contributed by atoms with E-state index in [0.717, 1.165) is 0 Å². The lowest BCUT2D eigenvalue weighted by atomic mass is 9.87. The van der Waals surface area contributed by atoms with Crippen LogP contribution in [0.2, 0.25) is 0 Å². The van der Waals surface area contributed by atoms with Crippen molar-refractivity contribution in [2.75, 3.05) is 0 Å². The summed E-state index contributed by atoms with van der Waals surface area (Å²) in [4.78, 5) is 24.3. The fraction of sp³-hybridized carbons (Fsp3) is 0.200. The third-order valence-electron chi connectivity index (χ3n) is 3.47. The summed E-state index contributed by atoms with van der Waals surface area (Å²) in [6, 6.07) is 8.97. The molecule has 0 spiro atoms. The number of carbonyl (C=O) groups excluding carboxylic acids is 2. The molecule has 0 saturated carbocycles. The molecule has 1 aromatic carbocycles. The molecule has 0 N–H and O–H groups in total. The Morgan fingerprint density at radius 1 is 1.21 bits per heavy atom. The highest BCUT2D eigenvalue weighted by Gasteiger charge is 2.50. The molecule has 1 aromatic rings. The monoisotopic (exact) mass is 254 g/mol. The molecule has 19 heavy (non-hydrogen) atoms. The molecule has 0 radical (unpaired) electrons. The molecule has 2 aliphatic heterocycles. The van der Waals surface area contributed by atoms with Gasteiger partial charge in [-0.05, 0) is 25.1 Å². The lowest BCUT2D eigenvalue weighted by Crippen LogP contribution is -2.66. The van der Waals surface area contributed by atoms with Crippen molar-refractivity contribution in [2.45, 2.75) is 18.9 Å². The van der Waals surface area contributed by atoms with E-state index in [1.165, 1.54) is 10.0 Å². The second kappa shape index (κ2) is 4.09. The second-order valence-corrected chi connectivity index (χ2v) is 4.96. The quantitative estimate of drug-likeness (QED) is 0.720. The number of hydrogen-bond donors (Lipinski definition) is 0. The fourth-order valence-corrected chi connectivity index (χ4v) is 2.48. The van der Waals surface area contributed by atoms with Crippen molar-refractivity contribution < 1.29 is 9.59 Å². The zero-order valence-electron chi connectivity index (χ0n) is 10.6. The number of rotatable bonds is 1. The third kappa shape index (κ3) is 1.76. The van der Waals surface area contributed by atoms with Gasteiger partial charge in [-0.1, -0.05) is 30.4 Å². The molecular weight excluding hydrogens is 240 g/mol. The minimum Gasteiger partial charge on any atom is -0.273 e. The van der Waals surface area contributed by atoms with E-state index < -0.39 is 5.54 Å². The molecule has 2 aliphatic rings. The standard InChI is InChI=1S/C15H14N2O2/c1-15-9-5-6-10-16(17(15)13(18)11-15)14(19)12-7-3-2-4-8-12/h2-10H,11H2,1H3. The van der Waals surface area contributed by atoms with Gasteiger partial charge in [0.2, 0.25) is 5.91 Å². The molecule has 1 fully saturated rings. The summed E-state index contributed by atoms with van der Waals surface area (Å²) in [5.41, 5.74) is 0.168. The molecule has 1 atom stereocenters. The maximum atomic E-state index is 12.5. The predicted octanol–water partition coefficient (Wildman–Crippen LogP) is 2.12. The van der Waals surface area contributed by atoms with Crippen LogP contribution in [0.25, 0.3) is 0 Å². The van der Waals surface area contributed by atoms with Gasteiger partial charge in [0.15, 0.2) is 0 Å². The number of benzene rings is 1. The molecule has 0 aliphatic carbocycles. The number of fused-ring (bicyclic) bond motifs is 1. The van der Waals surface area contributed by atoms with Gasteiger partial charge in [-0.25, -0.2) is 10.0 Å². The van der Waals surface area contributed by atoms with Crippen LogP contribution in [-0.4, -0.2) is 27.4 Å². The van der Waals surface area contributed by atoms with E-state index in [0.29, 0.717) is 12.0 Å². The van der Waals surface area contributed by atoms with Gasteiger partial charge >= 0.3 is 0 Å². The molecular formula is C15H14N2O2. The molecule has 96 valence electrons. The van der Waals surface area contributed by atoms with Gasteiger partial charge in [0, 0.05) is 11.8 Å². The average molecular weight is 254 g/mol. The van der Waals surface area contributed by atoms with E-state index in [4.69, 9.17) is 0 Å². The highest BCUT2D eigenvalue weighted by atomic mass is 16.2. The zero-order valence-corrected chi connectivity index (χ0v) is 10.6. The molecule has 0 aromatic heterocycles. The van der Waals surface area contributed by atoms with Crippen LogP contribution in [0.3, 0.4) is 0 Å². The lowest BCUT2D eigenvalue weighted by molar-refractivity contribution is -0.171. The number of nitrogens with zero attached hydrogens (tertiary/aromatic N) is 2. The van der Waals surface area contributed by atoms with Crippen LogP contribution in [0.15, 0.2) is 54.8 Å². The molecule has 4 heteroatoms. The molecule has 1 saturated heterocycles. The van der Waals surface area contributed by atoms with Gasteiger partial charge in [-0.15, -0.1) is 0 Å². The first-order chi connectivity index (χ1) is 9.12.